The number of rotatable bonds is 4. The van der Waals surface area contributed by atoms with E-state index in [1.54, 1.807) is 6.07 Å². The van der Waals surface area contributed by atoms with Crippen molar-refractivity contribution in [1.82, 2.24) is 0 Å². The largest absolute Gasteiger partial charge is 0.446 e. The second kappa shape index (κ2) is 4.77. The van der Waals surface area contributed by atoms with Gasteiger partial charge in [0, 0.05) is 11.6 Å². The molecular weight excluding hydrogens is 234 g/mol. The van der Waals surface area contributed by atoms with Crippen LogP contribution < -0.4 is 9.92 Å². The van der Waals surface area contributed by atoms with E-state index in [0.29, 0.717) is 5.56 Å². The van der Waals surface area contributed by atoms with E-state index >= 15 is 0 Å². The lowest BCUT2D eigenvalue weighted by Gasteiger charge is -2.04. The average molecular weight is 243 g/mol. The second-order valence-electron chi connectivity index (χ2n) is 2.78. The summed E-state index contributed by atoms with van der Waals surface area (Å²) in [5.74, 6) is -0.774. The fourth-order valence-electron chi connectivity index (χ4n) is 0.979. The van der Waals surface area contributed by atoms with E-state index < -0.39 is 16.3 Å². The summed E-state index contributed by atoms with van der Waals surface area (Å²) < 4.78 is 33.8. The molecule has 1 aromatic rings. The molecule has 0 saturated carbocycles. The van der Waals surface area contributed by atoms with Gasteiger partial charge in [-0.2, -0.15) is 8.42 Å². The molecular formula is C9H9NO5S. The zero-order valence-electron chi connectivity index (χ0n) is 8.03. The van der Waals surface area contributed by atoms with Crippen LogP contribution in [0.5, 0.6) is 5.75 Å². The number of hydrogen-bond acceptors (Lipinski definition) is 4. The summed E-state index contributed by atoms with van der Waals surface area (Å²) in [5.41, 5.74) is 5.19. The van der Waals surface area contributed by atoms with Crippen LogP contribution in [0.25, 0.3) is 6.08 Å². The number of nitrogens with two attached hydrogens (primary N) is 1. The highest BCUT2D eigenvalue weighted by Gasteiger charge is 2.09. The van der Waals surface area contributed by atoms with Gasteiger partial charge in [-0.1, -0.05) is 18.2 Å². The number of hydrogen-bond donors (Lipinski definition) is 2. The summed E-state index contributed by atoms with van der Waals surface area (Å²) in [6, 6.07) is 5.95. The summed E-state index contributed by atoms with van der Waals surface area (Å²) in [7, 11) is -4.59. The predicted octanol–water partition coefficient (Wildman–Crippen LogP) is 0.367. The lowest BCUT2D eigenvalue weighted by atomic mass is 10.2. The molecule has 0 fully saturated rings. The van der Waals surface area contributed by atoms with Gasteiger partial charge < -0.3 is 9.92 Å². The highest BCUT2D eigenvalue weighted by molar-refractivity contribution is 7.81. The third kappa shape index (κ3) is 4.11. The van der Waals surface area contributed by atoms with E-state index in [-0.39, 0.29) is 5.75 Å². The zero-order valence-corrected chi connectivity index (χ0v) is 8.85. The quantitative estimate of drug-likeness (QED) is 0.586. The van der Waals surface area contributed by atoms with Crippen LogP contribution in [0, 0.1) is 0 Å². The number of primary amides is 1. The second-order valence-corrected chi connectivity index (χ2v) is 3.81. The highest BCUT2D eigenvalue weighted by Crippen LogP contribution is 2.20. The maximum Gasteiger partial charge on any atom is 0.446 e. The number of carbonyl (C=O) groups is 1. The molecule has 1 aromatic carbocycles. The molecule has 0 radical (unpaired) electrons. The molecule has 0 aliphatic carbocycles. The molecule has 3 N–H and O–H groups in total. The van der Waals surface area contributed by atoms with E-state index in [9.17, 15) is 13.2 Å². The van der Waals surface area contributed by atoms with Gasteiger partial charge in [-0.3, -0.25) is 9.35 Å². The summed E-state index contributed by atoms with van der Waals surface area (Å²) in [5, 5.41) is 0. The van der Waals surface area contributed by atoms with Crippen molar-refractivity contribution < 1.29 is 21.9 Å². The molecule has 0 aromatic heterocycles. The van der Waals surface area contributed by atoms with Crippen molar-refractivity contribution in [3.63, 3.8) is 0 Å². The first-order valence-electron chi connectivity index (χ1n) is 4.12. The molecule has 0 saturated heterocycles. The first kappa shape index (κ1) is 12.2. The van der Waals surface area contributed by atoms with E-state index in [1.165, 1.54) is 24.3 Å². The minimum Gasteiger partial charge on any atom is -0.366 e. The minimum atomic E-state index is -4.59. The van der Waals surface area contributed by atoms with Crippen LogP contribution in [0.3, 0.4) is 0 Å². The number of carbonyl (C=O) groups excluding carboxylic acids is 1. The Bertz CT molecular complexity index is 520. The van der Waals surface area contributed by atoms with E-state index in [0.717, 1.165) is 6.08 Å². The topological polar surface area (TPSA) is 107 Å². The zero-order chi connectivity index (χ0) is 12.2. The van der Waals surface area contributed by atoms with Gasteiger partial charge in [0.05, 0.1) is 0 Å². The molecule has 0 heterocycles. The van der Waals surface area contributed by atoms with Crippen molar-refractivity contribution >= 4 is 22.4 Å². The molecule has 1 amide bonds. The van der Waals surface area contributed by atoms with Crippen LogP contribution in [0.1, 0.15) is 5.56 Å². The number of benzene rings is 1. The van der Waals surface area contributed by atoms with Crippen LogP contribution in [0.2, 0.25) is 0 Å². The molecule has 6 nitrogen and oxygen atoms in total. The number of amides is 1. The van der Waals surface area contributed by atoms with Crippen LogP contribution >= 0.6 is 0 Å². The summed E-state index contributed by atoms with van der Waals surface area (Å²) in [6.45, 7) is 0. The van der Waals surface area contributed by atoms with Crippen LogP contribution in [-0.2, 0) is 15.2 Å². The van der Waals surface area contributed by atoms with Crippen LogP contribution in [0.15, 0.2) is 30.3 Å². The maximum atomic E-state index is 10.5. The molecule has 0 atom stereocenters. The molecule has 0 spiro atoms. The van der Waals surface area contributed by atoms with Crippen molar-refractivity contribution in [3.05, 3.63) is 35.9 Å². The normalized spacial score (nSPS) is 11.6. The third-order valence-electron chi connectivity index (χ3n) is 1.54. The molecule has 0 aliphatic rings. The van der Waals surface area contributed by atoms with Gasteiger partial charge in [-0.05, 0) is 12.1 Å². The van der Waals surface area contributed by atoms with Gasteiger partial charge in [0.2, 0.25) is 5.91 Å². The monoisotopic (exact) mass is 243 g/mol. The minimum absolute atomic E-state index is 0.0949. The van der Waals surface area contributed by atoms with E-state index in [4.69, 9.17) is 10.3 Å². The van der Waals surface area contributed by atoms with Gasteiger partial charge >= 0.3 is 10.4 Å². The Balaban J connectivity index is 3.05. The van der Waals surface area contributed by atoms with E-state index in [1.807, 2.05) is 0 Å². The van der Waals surface area contributed by atoms with Crippen molar-refractivity contribution in [3.8, 4) is 5.75 Å². The third-order valence-corrected chi connectivity index (χ3v) is 1.93. The molecule has 0 aliphatic heterocycles. The van der Waals surface area contributed by atoms with E-state index in [2.05, 4.69) is 4.18 Å². The van der Waals surface area contributed by atoms with Gasteiger partial charge in [0.15, 0.2) is 5.75 Å². The standard InChI is InChI=1S/C9H9NO5S/c10-9(11)6-5-7-3-1-2-4-8(7)15-16(12,13)14/h1-6H,(H2,10,11)(H,12,13,14). The highest BCUT2D eigenvalue weighted by atomic mass is 32.3. The van der Waals surface area contributed by atoms with Crippen LogP contribution in [0.4, 0.5) is 0 Å². The molecule has 7 heteroatoms. The van der Waals surface area contributed by atoms with Crippen molar-refractivity contribution in [1.29, 1.82) is 0 Å². The molecule has 16 heavy (non-hydrogen) atoms. The van der Waals surface area contributed by atoms with Gasteiger partial charge in [-0.15, -0.1) is 0 Å². The molecule has 0 bridgehead atoms. The van der Waals surface area contributed by atoms with Crippen LogP contribution in [-0.4, -0.2) is 18.9 Å². The molecule has 0 unspecified atom stereocenters. The Morgan fingerprint density at radius 1 is 1.38 bits per heavy atom. The lowest BCUT2D eigenvalue weighted by Crippen LogP contribution is -2.08. The Morgan fingerprint density at radius 2 is 2.00 bits per heavy atom. The maximum absolute atomic E-state index is 10.5. The van der Waals surface area contributed by atoms with Gasteiger partial charge in [0.25, 0.3) is 0 Å². The van der Waals surface area contributed by atoms with Gasteiger partial charge in [0.1, 0.15) is 0 Å². The Hall–Kier alpha value is -1.86. The number of para-hydroxylation sites is 1. The Kier molecular flexibility index (Phi) is 3.64. The smallest absolute Gasteiger partial charge is 0.366 e. The Morgan fingerprint density at radius 3 is 2.56 bits per heavy atom. The van der Waals surface area contributed by atoms with Crippen molar-refractivity contribution in [2.45, 2.75) is 0 Å². The predicted molar refractivity (Wildman–Crippen MR) is 56.8 cm³/mol. The Labute approximate surface area is 92.3 Å². The average Bonchev–Trinajstić information content (AvgIpc) is 2.14. The van der Waals surface area contributed by atoms with Gasteiger partial charge in [-0.25, -0.2) is 0 Å². The summed E-state index contributed by atoms with van der Waals surface area (Å²) in [4.78, 5) is 10.5. The van der Waals surface area contributed by atoms with Crippen molar-refractivity contribution in [2.24, 2.45) is 5.73 Å². The fourth-order valence-corrected chi connectivity index (χ4v) is 1.36. The lowest BCUT2D eigenvalue weighted by molar-refractivity contribution is -0.113. The summed E-state index contributed by atoms with van der Waals surface area (Å²) >= 11 is 0. The fraction of sp³-hybridized carbons (Fsp3) is 0. The molecule has 86 valence electrons. The van der Waals surface area contributed by atoms with Crippen molar-refractivity contribution in [2.75, 3.05) is 0 Å². The SMILES string of the molecule is NC(=O)C=Cc1ccccc1OS(=O)(=O)O. The molecule has 1 rings (SSSR count). The first-order valence-corrected chi connectivity index (χ1v) is 5.48. The summed E-state index contributed by atoms with van der Waals surface area (Å²) in [6.07, 6.45) is 2.33. The first-order chi connectivity index (χ1) is 7.38.